The Balaban J connectivity index is 0.935. The van der Waals surface area contributed by atoms with E-state index in [1.54, 1.807) is 0 Å². The van der Waals surface area contributed by atoms with Gasteiger partial charge in [0.15, 0.2) is 0 Å². The Morgan fingerprint density at radius 1 is 0.340 bits per heavy atom. The van der Waals surface area contributed by atoms with Gasteiger partial charge in [0.2, 0.25) is 0 Å². The van der Waals surface area contributed by atoms with Gasteiger partial charge in [-0.15, -0.1) is 22.7 Å². The highest BCUT2D eigenvalue weighted by molar-refractivity contribution is 7.26. The first-order valence-corrected chi connectivity index (χ1v) is 18.3. The van der Waals surface area contributed by atoms with Crippen LogP contribution in [0.25, 0.3) is 96.2 Å². The monoisotopic (exact) mass is 672 g/mol. The Morgan fingerprint density at radius 3 is 1.40 bits per heavy atom. The van der Waals surface area contributed by atoms with Gasteiger partial charge in [-0.3, -0.25) is 4.98 Å². The first-order chi connectivity index (χ1) is 24.8. The molecule has 0 fully saturated rings. The van der Waals surface area contributed by atoms with E-state index >= 15 is 0 Å². The SMILES string of the molecule is c1cc(-c2ccc(-c3cccc4c3sc3ccccc34)cc2)cc(-c2cncc(-c3ccc(-c4cccc5c4sc4ccccc45)cc3)n2)c1. The maximum Gasteiger partial charge on any atom is 0.0892 e. The molecule has 0 unspecified atom stereocenters. The second-order valence-electron chi connectivity index (χ2n) is 12.6. The summed E-state index contributed by atoms with van der Waals surface area (Å²) in [4.78, 5) is 9.68. The number of rotatable bonds is 5. The standard InChI is InChI=1S/C46H28N2S2/c1-3-16-43-37(10-1)39-14-6-12-35(45(39)49-43)30-20-18-29(19-21-30)33-8-5-9-34(26-33)42-28-47-27-41(48-42)32-24-22-31(23-25-32)36-13-7-15-40-38-11-2-4-17-44(38)50-46(36)40/h1-28H. The predicted molar refractivity (Wildman–Crippen MR) is 215 cm³/mol. The van der Waals surface area contributed by atoms with Crippen molar-refractivity contribution in [2.75, 3.05) is 0 Å². The molecule has 0 N–H and O–H groups in total. The van der Waals surface area contributed by atoms with Crippen molar-refractivity contribution >= 4 is 63.0 Å². The molecule has 234 valence electrons. The van der Waals surface area contributed by atoms with Gasteiger partial charge in [-0.05, 0) is 51.6 Å². The van der Waals surface area contributed by atoms with Gasteiger partial charge in [0, 0.05) is 51.5 Å². The first kappa shape index (κ1) is 29.0. The van der Waals surface area contributed by atoms with Crippen LogP contribution >= 0.6 is 22.7 Å². The van der Waals surface area contributed by atoms with Gasteiger partial charge in [-0.25, -0.2) is 4.98 Å². The van der Waals surface area contributed by atoms with E-state index in [4.69, 9.17) is 4.98 Å². The first-order valence-electron chi connectivity index (χ1n) is 16.7. The number of aromatic nitrogens is 2. The van der Waals surface area contributed by atoms with Gasteiger partial charge in [0.25, 0.3) is 0 Å². The number of thiophene rings is 2. The molecule has 3 aromatic heterocycles. The number of nitrogens with zero attached hydrogens (tertiary/aromatic N) is 2. The molecule has 10 aromatic rings. The largest absolute Gasteiger partial charge is 0.260 e. The van der Waals surface area contributed by atoms with Crippen LogP contribution in [0, 0.1) is 0 Å². The third kappa shape index (κ3) is 4.92. The van der Waals surface area contributed by atoms with Crippen LogP contribution in [0.4, 0.5) is 0 Å². The van der Waals surface area contributed by atoms with Crippen molar-refractivity contribution in [3.8, 4) is 55.9 Å². The van der Waals surface area contributed by atoms with Crippen LogP contribution in [-0.2, 0) is 0 Å². The summed E-state index contributed by atoms with van der Waals surface area (Å²) in [6.45, 7) is 0. The molecule has 7 aromatic carbocycles. The smallest absolute Gasteiger partial charge is 0.0892 e. The highest BCUT2D eigenvalue weighted by atomic mass is 32.1. The summed E-state index contributed by atoms with van der Waals surface area (Å²) in [7, 11) is 0. The highest BCUT2D eigenvalue weighted by Gasteiger charge is 2.13. The number of hydrogen-bond acceptors (Lipinski definition) is 4. The molecule has 0 aliphatic heterocycles. The molecule has 0 bridgehead atoms. The minimum atomic E-state index is 0.858. The van der Waals surface area contributed by atoms with Gasteiger partial charge in [0.05, 0.1) is 23.8 Å². The van der Waals surface area contributed by atoms with E-state index < -0.39 is 0 Å². The summed E-state index contributed by atoms with van der Waals surface area (Å²) < 4.78 is 5.31. The summed E-state index contributed by atoms with van der Waals surface area (Å²) in [6, 6.07) is 56.8. The molecule has 0 spiro atoms. The van der Waals surface area contributed by atoms with Gasteiger partial charge >= 0.3 is 0 Å². The Hall–Kier alpha value is -5.94. The maximum absolute atomic E-state index is 5.07. The van der Waals surface area contributed by atoms with Gasteiger partial charge in [0.1, 0.15) is 0 Å². The number of benzene rings is 7. The average Bonchev–Trinajstić information content (AvgIpc) is 3.77. The quantitative estimate of drug-likeness (QED) is 0.182. The zero-order chi connectivity index (χ0) is 33.0. The third-order valence-electron chi connectivity index (χ3n) is 9.62. The van der Waals surface area contributed by atoms with Crippen LogP contribution < -0.4 is 0 Å². The molecule has 0 atom stereocenters. The zero-order valence-electron chi connectivity index (χ0n) is 26.9. The number of fused-ring (bicyclic) bond motifs is 6. The maximum atomic E-state index is 5.07. The van der Waals surface area contributed by atoms with Crippen LogP contribution in [0.15, 0.2) is 170 Å². The minimum absolute atomic E-state index is 0.858. The highest BCUT2D eigenvalue weighted by Crippen LogP contribution is 2.41. The second-order valence-corrected chi connectivity index (χ2v) is 14.7. The fourth-order valence-electron chi connectivity index (χ4n) is 7.11. The number of hydrogen-bond donors (Lipinski definition) is 0. The Bertz CT molecular complexity index is 2660. The lowest BCUT2D eigenvalue weighted by Gasteiger charge is -2.09. The molecule has 0 saturated carbocycles. The summed E-state index contributed by atoms with van der Waals surface area (Å²) in [6.07, 6.45) is 3.71. The van der Waals surface area contributed by atoms with E-state index in [-0.39, 0.29) is 0 Å². The molecule has 0 aliphatic carbocycles. The molecule has 0 radical (unpaired) electrons. The van der Waals surface area contributed by atoms with Crippen molar-refractivity contribution in [2.24, 2.45) is 0 Å². The van der Waals surface area contributed by atoms with Crippen molar-refractivity contribution in [3.05, 3.63) is 170 Å². The van der Waals surface area contributed by atoms with E-state index in [0.717, 1.165) is 28.1 Å². The Kier molecular flexibility index (Phi) is 6.90. The lowest BCUT2D eigenvalue weighted by atomic mass is 9.97. The molecule has 0 amide bonds. The molecule has 4 heteroatoms. The van der Waals surface area contributed by atoms with E-state index in [2.05, 4.69) is 163 Å². The van der Waals surface area contributed by atoms with Crippen LogP contribution in [0.1, 0.15) is 0 Å². The summed E-state index contributed by atoms with van der Waals surface area (Å²) in [5.41, 5.74) is 11.1. The average molecular weight is 673 g/mol. The lowest BCUT2D eigenvalue weighted by Crippen LogP contribution is -1.91. The predicted octanol–water partition coefficient (Wildman–Crippen LogP) is 13.5. The van der Waals surface area contributed by atoms with E-state index in [1.165, 1.54) is 68.2 Å². The molecule has 50 heavy (non-hydrogen) atoms. The van der Waals surface area contributed by atoms with Gasteiger partial charge in [-0.2, -0.15) is 0 Å². The van der Waals surface area contributed by atoms with E-state index in [1.807, 2.05) is 35.1 Å². The molecular formula is C46H28N2S2. The normalized spacial score (nSPS) is 11.6. The van der Waals surface area contributed by atoms with Crippen molar-refractivity contribution in [1.29, 1.82) is 0 Å². The summed E-state index contributed by atoms with van der Waals surface area (Å²) in [5, 5.41) is 5.28. The van der Waals surface area contributed by atoms with Crippen LogP contribution in [0.3, 0.4) is 0 Å². The molecule has 10 rings (SSSR count). The zero-order valence-corrected chi connectivity index (χ0v) is 28.5. The second kappa shape index (κ2) is 11.9. The van der Waals surface area contributed by atoms with Gasteiger partial charge < -0.3 is 0 Å². The van der Waals surface area contributed by atoms with Crippen molar-refractivity contribution in [1.82, 2.24) is 9.97 Å². The van der Waals surface area contributed by atoms with Crippen LogP contribution in [-0.4, -0.2) is 9.97 Å². The Labute approximate surface area is 297 Å². The fourth-order valence-corrected chi connectivity index (χ4v) is 9.59. The molecular weight excluding hydrogens is 645 g/mol. The van der Waals surface area contributed by atoms with E-state index in [9.17, 15) is 0 Å². The van der Waals surface area contributed by atoms with Gasteiger partial charge in [-0.1, -0.05) is 140 Å². The molecule has 3 heterocycles. The fraction of sp³-hybridized carbons (Fsp3) is 0. The van der Waals surface area contributed by atoms with Crippen molar-refractivity contribution in [3.63, 3.8) is 0 Å². The Morgan fingerprint density at radius 2 is 0.800 bits per heavy atom. The lowest BCUT2D eigenvalue weighted by molar-refractivity contribution is 1.21. The third-order valence-corrected chi connectivity index (χ3v) is 12.1. The van der Waals surface area contributed by atoms with Crippen LogP contribution in [0.5, 0.6) is 0 Å². The minimum Gasteiger partial charge on any atom is -0.260 e. The topological polar surface area (TPSA) is 25.8 Å². The molecule has 2 nitrogen and oxygen atoms in total. The molecule has 0 aliphatic rings. The van der Waals surface area contributed by atoms with Crippen LogP contribution in [0.2, 0.25) is 0 Å². The van der Waals surface area contributed by atoms with Crippen molar-refractivity contribution in [2.45, 2.75) is 0 Å². The van der Waals surface area contributed by atoms with Crippen molar-refractivity contribution < 1.29 is 0 Å². The molecule has 0 saturated heterocycles. The summed E-state index contributed by atoms with van der Waals surface area (Å²) >= 11 is 3.73. The summed E-state index contributed by atoms with van der Waals surface area (Å²) in [5.74, 6) is 0. The van der Waals surface area contributed by atoms with E-state index in [0.29, 0.717) is 0 Å².